The van der Waals surface area contributed by atoms with Gasteiger partial charge in [-0.3, -0.25) is 0 Å². The van der Waals surface area contributed by atoms with Crippen LogP contribution < -0.4 is 5.32 Å². The van der Waals surface area contributed by atoms with Gasteiger partial charge in [-0.15, -0.1) is 0 Å². The van der Waals surface area contributed by atoms with Crippen molar-refractivity contribution in [3.63, 3.8) is 0 Å². The fourth-order valence-electron chi connectivity index (χ4n) is 3.11. The first-order chi connectivity index (χ1) is 9.94. The van der Waals surface area contributed by atoms with Crippen molar-refractivity contribution < 1.29 is 8.42 Å². The third-order valence-corrected chi connectivity index (χ3v) is 6.54. The van der Waals surface area contributed by atoms with Crippen LogP contribution in [0.5, 0.6) is 0 Å². The number of aryl methyl sites for hydroxylation is 1. The second-order valence-electron chi connectivity index (χ2n) is 5.66. The van der Waals surface area contributed by atoms with Gasteiger partial charge in [0.2, 0.25) is 10.0 Å². The molecule has 0 bridgehead atoms. The molecule has 5 nitrogen and oxygen atoms in total. The van der Waals surface area contributed by atoms with Gasteiger partial charge in [-0.2, -0.15) is 4.31 Å². The number of rotatable bonds is 2. The Morgan fingerprint density at radius 3 is 2.71 bits per heavy atom. The lowest BCUT2D eigenvalue weighted by Crippen LogP contribution is -2.52. The molecule has 1 saturated heterocycles. The predicted octanol–water partition coefficient (Wildman–Crippen LogP) is 1.47. The molecule has 1 atom stereocenters. The molecule has 0 saturated carbocycles. The van der Waals surface area contributed by atoms with Crippen molar-refractivity contribution in [2.75, 3.05) is 19.6 Å². The first-order valence-corrected chi connectivity index (χ1v) is 8.65. The molecule has 2 heterocycles. The number of fused-ring (bicyclic) bond motifs is 1. The fraction of sp³-hybridized carbons (Fsp3) is 0.467. The fourth-order valence-corrected chi connectivity index (χ4v) is 5.18. The maximum atomic E-state index is 13.1. The van der Waals surface area contributed by atoms with Crippen LogP contribution in [-0.2, 0) is 17.1 Å². The Balaban J connectivity index is 2.22. The maximum Gasteiger partial charge on any atom is 0.245 e. The largest absolute Gasteiger partial charge is 0.347 e. The molecule has 21 heavy (non-hydrogen) atoms. The van der Waals surface area contributed by atoms with Crippen molar-refractivity contribution in [2.24, 2.45) is 7.05 Å². The normalized spacial score (nSPS) is 21.0. The molecule has 1 fully saturated rings. The highest BCUT2D eigenvalue weighted by Crippen LogP contribution is 2.32. The van der Waals surface area contributed by atoms with Crippen LogP contribution in [0.1, 0.15) is 12.6 Å². The Bertz CT molecular complexity index is 780. The van der Waals surface area contributed by atoms with E-state index in [9.17, 15) is 8.42 Å². The van der Waals surface area contributed by atoms with Crippen molar-refractivity contribution in [2.45, 2.75) is 24.8 Å². The van der Waals surface area contributed by atoms with Gasteiger partial charge in [-0.25, -0.2) is 8.42 Å². The molecular formula is C15H21N3O2S. The molecule has 1 N–H and O–H groups in total. The maximum absolute atomic E-state index is 13.1. The number of nitrogens with zero attached hydrogens (tertiary/aromatic N) is 2. The SMILES string of the molecule is Cc1c(S(=O)(=O)N2CCNCC2C)c2ccccc2n1C. The third-order valence-electron chi connectivity index (χ3n) is 4.35. The summed E-state index contributed by atoms with van der Waals surface area (Å²) < 4.78 is 29.8. The second kappa shape index (κ2) is 5.12. The van der Waals surface area contributed by atoms with E-state index < -0.39 is 10.0 Å². The van der Waals surface area contributed by atoms with Gasteiger partial charge in [0.1, 0.15) is 4.90 Å². The van der Waals surface area contributed by atoms with Gasteiger partial charge in [-0.05, 0) is 19.9 Å². The van der Waals surface area contributed by atoms with E-state index in [1.165, 1.54) is 0 Å². The first kappa shape index (κ1) is 14.6. The average Bonchev–Trinajstić information content (AvgIpc) is 2.72. The number of piperazine rings is 1. The van der Waals surface area contributed by atoms with Crippen LogP contribution in [0.25, 0.3) is 10.9 Å². The molecule has 1 aliphatic heterocycles. The van der Waals surface area contributed by atoms with Gasteiger partial charge in [0.15, 0.2) is 0 Å². The van der Waals surface area contributed by atoms with Gasteiger partial charge in [-0.1, -0.05) is 18.2 Å². The van der Waals surface area contributed by atoms with E-state index in [-0.39, 0.29) is 6.04 Å². The summed E-state index contributed by atoms with van der Waals surface area (Å²) in [6.07, 6.45) is 0. The second-order valence-corrected chi connectivity index (χ2v) is 7.49. The van der Waals surface area contributed by atoms with Crippen LogP contribution in [0.2, 0.25) is 0 Å². The number of sulfonamides is 1. The average molecular weight is 307 g/mol. The topological polar surface area (TPSA) is 54.3 Å². The van der Waals surface area contributed by atoms with Crippen molar-refractivity contribution in [3.05, 3.63) is 30.0 Å². The lowest BCUT2D eigenvalue weighted by Gasteiger charge is -2.32. The minimum Gasteiger partial charge on any atom is -0.347 e. The first-order valence-electron chi connectivity index (χ1n) is 7.21. The Morgan fingerprint density at radius 2 is 2.00 bits per heavy atom. The number of hydrogen-bond acceptors (Lipinski definition) is 3. The van der Waals surface area contributed by atoms with Gasteiger partial charge in [0.25, 0.3) is 0 Å². The molecule has 114 valence electrons. The predicted molar refractivity (Wildman–Crippen MR) is 83.9 cm³/mol. The van der Waals surface area contributed by atoms with E-state index in [2.05, 4.69) is 5.32 Å². The number of benzene rings is 1. The van der Waals surface area contributed by atoms with Crippen LogP contribution in [0.4, 0.5) is 0 Å². The van der Waals surface area contributed by atoms with E-state index in [0.717, 1.165) is 16.6 Å². The summed E-state index contributed by atoms with van der Waals surface area (Å²) in [4.78, 5) is 0.453. The Hall–Kier alpha value is -1.37. The highest BCUT2D eigenvalue weighted by molar-refractivity contribution is 7.89. The molecule has 3 rings (SSSR count). The molecule has 0 spiro atoms. The summed E-state index contributed by atoms with van der Waals surface area (Å²) in [5.41, 5.74) is 1.75. The van der Waals surface area contributed by atoms with Crippen LogP contribution in [0, 0.1) is 6.92 Å². The Kier molecular flexibility index (Phi) is 3.55. The van der Waals surface area contributed by atoms with Crippen molar-refractivity contribution in [1.82, 2.24) is 14.2 Å². The molecule has 0 radical (unpaired) electrons. The molecule has 1 aromatic heterocycles. The number of para-hydroxylation sites is 1. The molecule has 1 unspecified atom stereocenters. The van der Waals surface area contributed by atoms with Crippen LogP contribution >= 0.6 is 0 Å². The monoisotopic (exact) mass is 307 g/mol. The number of aromatic nitrogens is 1. The minimum atomic E-state index is -3.48. The zero-order valence-corrected chi connectivity index (χ0v) is 13.4. The lowest BCUT2D eigenvalue weighted by molar-refractivity contribution is 0.284. The summed E-state index contributed by atoms with van der Waals surface area (Å²) >= 11 is 0. The lowest BCUT2D eigenvalue weighted by atomic mass is 10.2. The highest BCUT2D eigenvalue weighted by Gasteiger charge is 2.34. The molecule has 6 heteroatoms. The van der Waals surface area contributed by atoms with E-state index in [4.69, 9.17) is 0 Å². The number of nitrogens with one attached hydrogen (secondary N) is 1. The molecule has 1 aromatic carbocycles. The molecule has 1 aliphatic rings. The zero-order valence-electron chi connectivity index (χ0n) is 12.6. The minimum absolute atomic E-state index is 0.0258. The molecular weight excluding hydrogens is 286 g/mol. The van der Waals surface area contributed by atoms with Crippen molar-refractivity contribution >= 4 is 20.9 Å². The summed E-state index contributed by atoms with van der Waals surface area (Å²) in [6.45, 7) is 5.74. The third kappa shape index (κ3) is 2.18. The summed E-state index contributed by atoms with van der Waals surface area (Å²) in [5, 5.41) is 4.04. The Morgan fingerprint density at radius 1 is 1.29 bits per heavy atom. The summed E-state index contributed by atoms with van der Waals surface area (Å²) in [6, 6.07) is 7.65. The Labute approximate surface area is 125 Å². The molecule has 2 aromatic rings. The quantitative estimate of drug-likeness (QED) is 0.914. The van der Waals surface area contributed by atoms with Crippen molar-refractivity contribution in [1.29, 1.82) is 0 Å². The van der Waals surface area contributed by atoms with Gasteiger partial charge in [0.05, 0.1) is 0 Å². The van der Waals surface area contributed by atoms with E-state index in [1.54, 1.807) is 4.31 Å². The van der Waals surface area contributed by atoms with E-state index in [0.29, 0.717) is 24.5 Å². The highest BCUT2D eigenvalue weighted by atomic mass is 32.2. The van der Waals surface area contributed by atoms with Crippen LogP contribution in [0.3, 0.4) is 0 Å². The van der Waals surface area contributed by atoms with Gasteiger partial charge in [0, 0.05) is 49.3 Å². The standard InChI is InChI=1S/C15H21N3O2S/c1-11-10-16-8-9-18(11)21(19,20)15-12(2)17(3)14-7-5-4-6-13(14)15/h4-7,11,16H,8-10H2,1-3H3. The molecule has 0 amide bonds. The van der Waals surface area contributed by atoms with Crippen LogP contribution in [-0.4, -0.2) is 43.0 Å². The van der Waals surface area contributed by atoms with Gasteiger partial charge < -0.3 is 9.88 Å². The van der Waals surface area contributed by atoms with E-state index in [1.807, 2.05) is 49.7 Å². The van der Waals surface area contributed by atoms with Crippen molar-refractivity contribution in [3.8, 4) is 0 Å². The summed E-state index contributed by atoms with van der Waals surface area (Å²) in [5.74, 6) is 0. The number of hydrogen-bond donors (Lipinski definition) is 1. The molecule has 0 aliphatic carbocycles. The zero-order chi connectivity index (χ0) is 15.2. The van der Waals surface area contributed by atoms with Gasteiger partial charge >= 0.3 is 0 Å². The smallest absolute Gasteiger partial charge is 0.245 e. The van der Waals surface area contributed by atoms with Crippen LogP contribution in [0.15, 0.2) is 29.2 Å². The van der Waals surface area contributed by atoms with E-state index >= 15 is 0 Å². The summed E-state index contributed by atoms with van der Waals surface area (Å²) in [7, 11) is -1.56.